The lowest BCUT2D eigenvalue weighted by atomic mass is 9.83. The summed E-state index contributed by atoms with van der Waals surface area (Å²) in [5.74, 6) is 0.463. The molecule has 3 N–H and O–H groups in total. The number of aliphatic hydroxyl groups excluding tert-OH is 1. The highest BCUT2D eigenvalue weighted by Crippen LogP contribution is 2.41. The highest BCUT2D eigenvalue weighted by Gasteiger charge is 2.36. The van der Waals surface area contributed by atoms with Gasteiger partial charge in [0.1, 0.15) is 6.07 Å². The number of aliphatic hydroxyl groups is 1. The zero-order valence-corrected chi connectivity index (χ0v) is 19.3. The van der Waals surface area contributed by atoms with Crippen molar-refractivity contribution in [2.45, 2.75) is 19.3 Å². The zero-order valence-electron chi connectivity index (χ0n) is 19.3. The van der Waals surface area contributed by atoms with Crippen LogP contribution in [-0.4, -0.2) is 38.0 Å². The Morgan fingerprint density at radius 1 is 1.18 bits per heavy atom. The first-order chi connectivity index (χ1) is 16.4. The fourth-order valence-electron chi connectivity index (χ4n) is 4.34. The number of nitrogens with one attached hydrogen (secondary N) is 2. The summed E-state index contributed by atoms with van der Waals surface area (Å²) in [6.45, 7) is 4.59. The molecule has 0 bridgehead atoms. The lowest BCUT2D eigenvalue weighted by Gasteiger charge is -2.21. The smallest absolute Gasteiger partial charge is 0.227 e. The maximum atomic E-state index is 9.98. The molecule has 0 spiro atoms. The number of fused-ring (bicyclic) bond motifs is 1. The fraction of sp³-hybridized carbons (Fsp3) is 0.231. The summed E-state index contributed by atoms with van der Waals surface area (Å²) in [6, 6.07) is 16.1. The minimum absolute atomic E-state index is 0.00974. The molecule has 8 nitrogen and oxygen atoms in total. The van der Waals surface area contributed by atoms with E-state index in [0.29, 0.717) is 23.8 Å². The second kappa shape index (κ2) is 8.28. The first kappa shape index (κ1) is 21.6. The molecular formula is C26H25N7O. The standard InChI is InChI=1S/C26H25N7O/c1-16-4-5-17(23-7-9-30-33(23)3)12-22(16)32-25-28-8-6-21(31-25)18-10-19(13-27)24-20(11-18)26(2,15-34)14-29-24/h4-12,29,34H,14-15H2,1-3H3,(H,28,31,32)/t26-/m1/s1. The third-order valence-corrected chi connectivity index (χ3v) is 6.47. The molecule has 1 aliphatic rings. The zero-order chi connectivity index (χ0) is 23.9. The van der Waals surface area contributed by atoms with E-state index in [4.69, 9.17) is 4.98 Å². The SMILES string of the molecule is Cc1ccc(-c2ccnn2C)cc1Nc1nccc(-c2cc(C#N)c3c(c2)[C@@](C)(CO)CN3)n1. The molecule has 170 valence electrons. The van der Waals surface area contributed by atoms with Gasteiger partial charge >= 0.3 is 0 Å². The summed E-state index contributed by atoms with van der Waals surface area (Å²) in [7, 11) is 1.91. The van der Waals surface area contributed by atoms with E-state index in [2.05, 4.69) is 45.0 Å². The fourth-order valence-corrected chi connectivity index (χ4v) is 4.34. The van der Waals surface area contributed by atoms with E-state index in [0.717, 1.165) is 39.3 Å². The molecule has 2 aromatic carbocycles. The minimum atomic E-state index is -0.450. The number of nitrogens with zero attached hydrogens (tertiary/aromatic N) is 5. The molecule has 0 saturated carbocycles. The quantitative estimate of drug-likeness (QED) is 0.418. The predicted octanol–water partition coefficient (Wildman–Crippen LogP) is 4.14. The lowest BCUT2D eigenvalue weighted by molar-refractivity contribution is 0.219. The molecule has 0 saturated heterocycles. The van der Waals surface area contributed by atoms with Crippen LogP contribution in [0.1, 0.15) is 23.6 Å². The molecule has 0 fully saturated rings. The van der Waals surface area contributed by atoms with E-state index in [1.165, 1.54) is 0 Å². The van der Waals surface area contributed by atoms with Crippen molar-refractivity contribution < 1.29 is 5.11 Å². The largest absolute Gasteiger partial charge is 0.395 e. The van der Waals surface area contributed by atoms with Crippen molar-refractivity contribution in [2.75, 3.05) is 23.8 Å². The Kier molecular flexibility index (Phi) is 5.27. The Morgan fingerprint density at radius 2 is 2.03 bits per heavy atom. The van der Waals surface area contributed by atoms with Crippen LogP contribution in [0, 0.1) is 18.3 Å². The van der Waals surface area contributed by atoms with Crippen molar-refractivity contribution in [3.05, 3.63) is 71.5 Å². The third kappa shape index (κ3) is 3.66. The molecule has 1 aliphatic heterocycles. The summed E-state index contributed by atoms with van der Waals surface area (Å²) in [4.78, 5) is 9.15. The molecule has 0 unspecified atom stereocenters. The van der Waals surface area contributed by atoms with Gasteiger partial charge in [-0.05, 0) is 48.4 Å². The van der Waals surface area contributed by atoms with Crippen LogP contribution in [0.15, 0.2) is 54.9 Å². The maximum absolute atomic E-state index is 9.98. The number of rotatable bonds is 5. The Labute approximate surface area is 197 Å². The van der Waals surface area contributed by atoms with Crippen LogP contribution in [0.25, 0.3) is 22.5 Å². The van der Waals surface area contributed by atoms with E-state index in [-0.39, 0.29) is 6.61 Å². The molecule has 4 aromatic rings. The summed E-state index contributed by atoms with van der Waals surface area (Å²) < 4.78 is 1.83. The average molecular weight is 452 g/mol. The highest BCUT2D eigenvalue weighted by molar-refractivity contribution is 5.77. The van der Waals surface area contributed by atoms with Crippen molar-refractivity contribution in [1.29, 1.82) is 5.26 Å². The Morgan fingerprint density at radius 3 is 2.76 bits per heavy atom. The van der Waals surface area contributed by atoms with Crippen molar-refractivity contribution in [2.24, 2.45) is 7.05 Å². The van der Waals surface area contributed by atoms with Crippen LogP contribution in [0.4, 0.5) is 17.3 Å². The van der Waals surface area contributed by atoms with E-state index >= 15 is 0 Å². The Hall–Kier alpha value is -4.22. The highest BCUT2D eigenvalue weighted by atomic mass is 16.3. The van der Waals surface area contributed by atoms with Crippen LogP contribution >= 0.6 is 0 Å². The van der Waals surface area contributed by atoms with E-state index in [9.17, 15) is 10.4 Å². The van der Waals surface area contributed by atoms with Crippen LogP contribution in [-0.2, 0) is 12.5 Å². The molecule has 1 atom stereocenters. The van der Waals surface area contributed by atoms with E-state index in [1.54, 1.807) is 12.4 Å². The van der Waals surface area contributed by atoms with Gasteiger partial charge in [-0.15, -0.1) is 0 Å². The number of hydrogen-bond donors (Lipinski definition) is 3. The van der Waals surface area contributed by atoms with E-state index < -0.39 is 5.41 Å². The molecule has 8 heteroatoms. The third-order valence-electron chi connectivity index (χ3n) is 6.47. The van der Waals surface area contributed by atoms with Crippen LogP contribution in [0.2, 0.25) is 0 Å². The minimum Gasteiger partial charge on any atom is -0.395 e. The predicted molar refractivity (Wildman–Crippen MR) is 132 cm³/mol. The summed E-state index contributed by atoms with van der Waals surface area (Å²) in [5.41, 5.74) is 7.33. The number of aromatic nitrogens is 4. The Bertz CT molecular complexity index is 1440. The van der Waals surface area contributed by atoms with Gasteiger partial charge in [0.25, 0.3) is 0 Å². The van der Waals surface area contributed by atoms with Crippen molar-refractivity contribution in [1.82, 2.24) is 19.7 Å². The van der Waals surface area contributed by atoms with Gasteiger partial charge in [0.15, 0.2) is 0 Å². The molecule has 0 aliphatic carbocycles. The number of benzene rings is 2. The second-order valence-electron chi connectivity index (χ2n) is 8.89. The lowest BCUT2D eigenvalue weighted by Crippen LogP contribution is -2.28. The van der Waals surface area contributed by atoms with Crippen LogP contribution in [0.5, 0.6) is 0 Å². The molecule has 5 rings (SSSR count). The van der Waals surface area contributed by atoms with Gasteiger partial charge in [0.05, 0.1) is 29.2 Å². The molecule has 34 heavy (non-hydrogen) atoms. The van der Waals surface area contributed by atoms with Gasteiger partial charge in [-0.1, -0.05) is 19.1 Å². The van der Waals surface area contributed by atoms with Crippen molar-refractivity contribution in [3.63, 3.8) is 0 Å². The van der Waals surface area contributed by atoms with Gasteiger partial charge in [0.2, 0.25) is 5.95 Å². The number of aryl methyl sites for hydroxylation is 2. The summed E-state index contributed by atoms with van der Waals surface area (Å²) in [5, 5.41) is 30.6. The van der Waals surface area contributed by atoms with E-state index in [1.807, 2.05) is 49.8 Å². The molecular weight excluding hydrogens is 426 g/mol. The van der Waals surface area contributed by atoms with Crippen molar-refractivity contribution >= 4 is 17.3 Å². The number of anilines is 3. The Balaban J connectivity index is 1.51. The molecule has 2 aromatic heterocycles. The van der Waals surface area contributed by atoms with Crippen LogP contribution < -0.4 is 10.6 Å². The number of nitriles is 1. The van der Waals surface area contributed by atoms with Crippen LogP contribution in [0.3, 0.4) is 0 Å². The normalized spacial score (nSPS) is 16.6. The van der Waals surface area contributed by atoms with Gasteiger partial charge < -0.3 is 15.7 Å². The topological polar surface area (TPSA) is 112 Å². The van der Waals surface area contributed by atoms with Crippen molar-refractivity contribution in [3.8, 4) is 28.6 Å². The van der Waals surface area contributed by atoms with Gasteiger partial charge in [0, 0.05) is 48.2 Å². The van der Waals surface area contributed by atoms with Gasteiger partial charge in [-0.3, -0.25) is 4.68 Å². The maximum Gasteiger partial charge on any atom is 0.227 e. The van der Waals surface area contributed by atoms with Gasteiger partial charge in [-0.25, -0.2) is 9.97 Å². The summed E-state index contributed by atoms with van der Waals surface area (Å²) >= 11 is 0. The molecule has 0 radical (unpaired) electrons. The first-order valence-corrected chi connectivity index (χ1v) is 11.0. The molecule has 3 heterocycles. The first-order valence-electron chi connectivity index (χ1n) is 11.0. The molecule has 0 amide bonds. The average Bonchev–Trinajstić information content (AvgIpc) is 3.43. The number of hydrogen-bond acceptors (Lipinski definition) is 7. The summed E-state index contributed by atoms with van der Waals surface area (Å²) in [6.07, 6.45) is 3.48. The monoisotopic (exact) mass is 451 g/mol. The second-order valence-corrected chi connectivity index (χ2v) is 8.89. The van der Waals surface area contributed by atoms with Gasteiger partial charge in [-0.2, -0.15) is 10.4 Å².